The predicted octanol–water partition coefficient (Wildman–Crippen LogP) is 3.61. The van der Waals surface area contributed by atoms with Crippen LogP contribution in [0.5, 0.6) is 0 Å². The number of benzene rings is 2. The lowest BCUT2D eigenvalue weighted by Gasteiger charge is -2.22. The highest BCUT2D eigenvalue weighted by molar-refractivity contribution is 5.77. The number of aromatic nitrogens is 2. The lowest BCUT2D eigenvalue weighted by molar-refractivity contribution is -0.132. The van der Waals surface area contributed by atoms with Crippen LogP contribution >= 0.6 is 0 Å². The van der Waals surface area contributed by atoms with Crippen molar-refractivity contribution in [3.63, 3.8) is 0 Å². The SMILES string of the molecule is O=C(CCc1nc(C2CCCN2C(=O)CCc2ccccc2)no1)NCc1ccccc1. The average molecular weight is 433 g/mol. The summed E-state index contributed by atoms with van der Waals surface area (Å²) in [6.45, 7) is 1.21. The molecule has 2 amide bonds. The third-order valence-corrected chi connectivity index (χ3v) is 5.72. The highest BCUT2D eigenvalue weighted by Gasteiger charge is 2.33. The Bertz CT molecular complexity index is 1020. The quantitative estimate of drug-likeness (QED) is 0.558. The van der Waals surface area contributed by atoms with E-state index >= 15 is 0 Å². The zero-order valence-corrected chi connectivity index (χ0v) is 18.1. The van der Waals surface area contributed by atoms with E-state index in [4.69, 9.17) is 4.52 Å². The molecular weight excluding hydrogens is 404 g/mol. The molecule has 7 heteroatoms. The van der Waals surface area contributed by atoms with Crippen LogP contribution in [0, 0.1) is 0 Å². The van der Waals surface area contributed by atoms with Crippen molar-refractivity contribution in [1.29, 1.82) is 0 Å². The van der Waals surface area contributed by atoms with Crippen molar-refractivity contribution in [3.05, 3.63) is 83.5 Å². The Hall–Kier alpha value is -3.48. The highest BCUT2D eigenvalue weighted by atomic mass is 16.5. The maximum Gasteiger partial charge on any atom is 0.227 e. The van der Waals surface area contributed by atoms with Gasteiger partial charge in [-0.1, -0.05) is 65.8 Å². The van der Waals surface area contributed by atoms with E-state index < -0.39 is 0 Å². The molecule has 3 aromatic rings. The summed E-state index contributed by atoms with van der Waals surface area (Å²) >= 11 is 0. The van der Waals surface area contributed by atoms with Crippen LogP contribution in [0.15, 0.2) is 65.2 Å². The molecule has 1 unspecified atom stereocenters. The molecule has 0 spiro atoms. The molecule has 1 N–H and O–H groups in total. The summed E-state index contributed by atoms with van der Waals surface area (Å²) in [5.74, 6) is 1.02. The van der Waals surface area contributed by atoms with Crippen molar-refractivity contribution in [2.45, 2.75) is 51.1 Å². The number of nitrogens with zero attached hydrogens (tertiary/aromatic N) is 3. The Morgan fingerprint density at radius 3 is 2.44 bits per heavy atom. The zero-order chi connectivity index (χ0) is 22.2. The number of carbonyl (C=O) groups excluding carboxylic acids is 2. The molecule has 1 aromatic heterocycles. The second kappa shape index (κ2) is 10.7. The van der Waals surface area contributed by atoms with Gasteiger partial charge >= 0.3 is 0 Å². The predicted molar refractivity (Wildman–Crippen MR) is 119 cm³/mol. The van der Waals surface area contributed by atoms with Gasteiger partial charge in [0.1, 0.15) is 0 Å². The first-order valence-corrected chi connectivity index (χ1v) is 11.2. The first kappa shape index (κ1) is 21.7. The number of hydrogen-bond acceptors (Lipinski definition) is 5. The second-order valence-electron chi connectivity index (χ2n) is 8.04. The number of rotatable bonds is 9. The lowest BCUT2D eigenvalue weighted by atomic mass is 10.1. The standard InChI is InChI=1S/C25H28N4O3/c30-22(26-18-20-10-5-2-6-11-20)14-15-23-27-25(28-32-23)21-12-7-17-29(21)24(31)16-13-19-8-3-1-4-9-19/h1-6,8-11,21H,7,12-18H2,(H,26,30). The van der Waals surface area contributed by atoms with Crippen LogP contribution < -0.4 is 5.32 Å². The molecular formula is C25H28N4O3. The molecule has 0 bridgehead atoms. The van der Waals surface area contributed by atoms with E-state index in [0.29, 0.717) is 37.6 Å². The summed E-state index contributed by atoms with van der Waals surface area (Å²) < 4.78 is 5.37. The minimum Gasteiger partial charge on any atom is -0.352 e. The third-order valence-electron chi connectivity index (χ3n) is 5.72. The molecule has 2 heterocycles. The van der Waals surface area contributed by atoms with E-state index in [1.54, 1.807) is 0 Å². The minimum atomic E-state index is -0.150. The lowest BCUT2D eigenvalue weighted by Crippen LogP contribution is -2.31. The van der Waals surface area contributed by atoms with Crippen molar-refractivity contribution in [1.82, 2.24) is 20.4 Å². The van der Waals surface area contributed by atoms with Gasteiger partial charge in [0.25, 0.3) is 0 Å². The summed E-state index contributed by atoms with van der Waals surface area (Å²) in [6.07, 6.45) is 3.59. The smallest absolute Gasteiger partial charge is 0.227 e. The van der Waals surface area contributed by atoms with Gasteiger partial charge in [-0.3, -0.25) is 9.59 Å². The largest absolute Gasteiger partial charge is 0.352 e. The fourth-order valence-corrected chi connectivity index (χ4v) is 3.98. The zero-order valence-electron chi connectivity index (χ0n) is 18.1. The molecule has 4 rings (SSSR count). The number of amides is 2. The molecule has 0 saturated carbocycles. The Kier molecular flexibility index (Phi) is 7.27. The van der Waals surface area contributed by atoms with Crippen molar-refractivity contribution in [3.8, 4) is 0 Å². The van der Waals surface area contributed by atoms with Crippen molar-refractivity contribution >= 4 is 11.8 Å². The van der Waals surface area contributed by atoms with Gasteiger partial charge in [-0.25, -0.2) is 0 Å². The molecule has 2 aromatic carbocycles. The number of aryl methyl sites for hydroxylation is 2. The average Bonchev–Trinajstić information content (AvgIpc) is 3.51. The summed E-state index contributed by atoms with van der Waals surface area (Å²) in [6, 6.07) is 19.7. The van der Waals surface area contributed by atoms with Gasteiger partial charge in [0, 0.05) is 32.4 Å². The minimum absolute atomic E-state index is 0.0628. The molecule has 7 nitrogen and oxygen atoms in total. The summed E-state index contributed by atoms with van der Waals surface area (Å²) in [5, 5.41) is 7.01. The third kappa shape index (κ3) is 5.81. The molecule has 1 saturated heterocycles. The van der Waals surface area contributed by atoms with Crippen LogP contribution in [0.3, 0.4) is 0 Å². The maximum absolute atomic E-state index is 12.8. The van der Waals surface area contributed by atoms with Gasteiger partial charge in [0.15, 0.2) is 5.82 Å². The number of carbonyl (C=O) groups is 2. The molecule has 32 heavy (non-hydrogen) atoms. The number of nitrogens with one attached hydrogen (secondary N) is 1. The Labute approximate surface area is 187 Å². The van der Waals surface area contributed by atoms with Crippen molar-refractivity contribution < 1.29 is 14.1 Å². The fraction of sp³-hybridized carbons (Fsp3) is 0.360. The molecule has 1 aliphatic rings. The number of likely N-dealkylation sites (tertiary alicyclic amines) is 1. The molecule has 0 radical (unpaired) electrons. The molecule has 1 atom stereocenters. The first-order chi connectivity index (χ1) is 15.7. The maximum atomic E-state index is 12.8. The first-order valence-electron chi connectivity index (χ1n) is 11.2. The second-order valence-corrected chi connectivity index (χ2v) is 8.04. The monoisotopic (exact) mass is 432 g/mol. The summed E-state index contributed by atoms with van der Waals surface area (Å²) in [5.41, 5.74) is 2.21. The van der Waals surface area contributed by atoms with Crippen LogP contribution in [0.1, 0.15) is 54.6 Å². The number of hydrogen-bond donors (Lipinski definition) is 1. The Morgan fingerprint density at radius 2 is 1.69 bits per heavy atom. The van der Waals surface area contributed by atoms with Crippen LogP contribution in [0.4, 0.5) is 0 Å². The van der Waals surface area contributed by atoms with E-state index in [0.717, 1.165) is 30.4 Å². The molecule has 1 aliphatic heterocycles. The van der Waals surface area contributed by atoms with Gasteiger partial charge in [-0.15, -0.1) is 0 Å². The van der Waals surface area contributed by atoms with Gasteiger partial charge in [0.05, 0.1) is 6.04 Å². The van der Waals surface area contributed by atoms with Crippen LogP contribution in [0.2, 0.25) is 0 Å². The Morgan fingerprint density at radius 1 is 0.969 bits per heavy atom. The Balaban J connectivity index is 1.26. The van der Waals surface area contributed by atoms with E-state index in [9.17, 15) is 9.59 Å². The van der Waals surface area contributed by atoms with Crippen LogP contribution in [-0.4, -0.2) is 33.4 Å². The van der Waals surface area contributed by atoms with E-state index in [2.05, 4.69) is 15.5 Å². The van der Waals surface area contributed by atoms with E-state index in [1.807, 2.05) is 65.6 Å². The summed E-state index contributed by atoms with van der Waals surface area (Å²) in [7, 11) is 0. The molecule has 166 valence electrons. The van der Waals surface area contributed by atoms with Crippen molar-refractivity contribution in [2.75, 3.05) is 6.54 Å². The molecule has 0 aliphatic carbocycles. The summed E-state index contributed by atoms with van der Waals surface area (Å²) in [4.78, 5) is 31.3. The van der Waals surface area contributed by atoms with Gasteiger partial charge in [0.2, 0.25) is 17.7 Å². The topological polar surface area (TPSA) is 88.3 Å². The van der Waals surface area contributed by atoms with Gasteiger partial charge < -0.3 is 14.7 Å². The fourth-order valence-electron chi connectivity index (χ4n) is 3.98. The van der Waals surface area contributed by atoms with Crippen LogP contribution in [0.25, 0.3) is 0 Å². The molecule has 1 fully saturated rings. The normalized spacial score (nSPS) is 15.6. The van der Waals surface area contributed by atoms with E-state index in [1.165, 1.54) is 0 Å². The van der Waals surface area contributed by atoms with Crippen molar-refractivity contribution in [2.24, 2.45) is 0 Å². The van der Waals surface area contributed by atoms with Gasteiger partial charge in [-0.05, 0) is 30.4 Å². The van der Waals surface area contributed by atoms with Crippen LogP contribution in [-0.2, 0) is 29.0 Å². The van der Waals surface area contributed by atoms with Gasteiger partial charge in [-0.2, -0.15) is 4.98 Å². The van der Waals surface area contributed by atoms with E-state index in [-0.39, 0.29) is 24.3 Å². The highest BCUT2D eigenvalue weighted by Crippen LogP contribution is 2.31.